The van der Waals surface area contributed by atoms with Gasteiger partial charge < -0.3 is 15.4 Å². The van der Waals surface area contributed by atoms with Crippen LogP contribution in [0.2, 0.25) is 0 Å². The molecule has 2 N–H and O–H groups in total. The van der Waals surface area contributed by atoms with Crippen LogP contribution >= 0.6 is 0 Å². The average Bonchev–Trinajstić information content (AvgIpc) is 2.06. The van der Waals surface area contributed by atoms with Crippen molar-refractivity contribution in [3.05, 3.63) is 24.3 Å². The number of anilines is 2. The van der Waals surface area contributed by atoms with Gasteiger partial charge in [0.05, 0.1) is 0 Å². The van der Waals surface area contributed by atoms with E-state index in [1.54, 1.807) is 0 Å². The SMILES string of the molecule is Nc1ccc(N2CC(C=O)C2)cc1. The van der Waals surface area contributed by atoms with E-state index >= 15 is 0 Å². The molecule has 0 atom stereocenters. The van der Waals surface area contributed by atoms with Gasteiger partial charge in [-0.3, -0.25) is 0 Å². The van der Waals surface area contributed by atoms with Crippen LogP contribution in [0.25, 0.3) is 0 Å². The molecule has 1 saturated heterocycles. The van der Waals surface area contributed by atoms with Crippen LogP contribution in [0.15, 0.2) is 24.3 Å². The lowest BCUT2D eigenvalue weighted by molar-refractivity contribution is -0.111. The number of hydrogen-bond acceptors (Lipinski definition) is 3. The molecule has 68 valence electrons. The molecule has 0 amide bonds. The number of aldehydes is 1. The summed E-state index contributed by atoms with van der Waals surface area (Å²) in [5.41, 5.74) is 7.48. The van der Waals surface area contributed by atoms with Gasteiger partial charge in [-0.2, -0.15) is 0 Å². The number of rotatable bonds is 2. The molecule has 0 bridgehead atoms. The van der Waals surface area contributed by atoms with Gasteiger partial charge in [-0.25, -0.2) is 0 Å². The van der Waals surface area contributed by atoms with Crippen LogP contribution in [0.1, 0.15) is 0 Å². The third kappa shape index (κ3) is 1.49. The minimum Gasteiger partial charge on any atom is -0.399 e. The first-order valence-electron chi connectivity index (χ1n) is 4.35. The Morgan fingerprint density at radius 1 is 1.31 bits per heavy atom. The Hall–Kier alpha value is -1.51. The Morgan fingerprint density at radius 2 is 1.92 bits per heavy atom. The zero-order chi connectivity index (χ0) is 9.26. The summed E-state index contributed by atoms with van der Waals surface area (Å²) in [6.07, 6.45) is 1.02. The molecule has 2 rings (SSSR count). The minimum absolute atomic E-state index is 0.220. The van der Waals surface area contributed by atoms with Gasteiger partial charge in [-0.15, -0.1) is 0 Å². The molecule has 1 aliphatic heterocycles. The van der Waals surface area contributed by atoms with E-state index in [4.69, 9.17) is 5.73 Å². The third-order valence-electron chi connectivity index (χ3n) is 2.36. The quantitative estimate of drug-likeness (QED) is 0.538. The van der Waals surface area contributed by atoms with E-state index in [9.17, 15) is 4.79 Å². The number of nitrogens with two attached hydrogens (primary N) is 1. The van der Waals surface area contributed by atoms with Crippen molar-refractivity contribution in [3.8, 4) is 0 Å². The second-order valence-corrected chi connectivity index (χ2v) is 3.39. The summed E-state index contributed by atoms with van der Waals surface area (Å²) in [6.45, 7) is 1.68. The highest BCUT2D eigenvalue weighted by atomic mass is 16.1. The first-order chi connectivity index (χ1) is 6.29. The maximum Gasteiger partial charge on any atom is 0.126 e. The zero-order valence-corrected chi connectivity index (χ0v) is 7.31. The van der Waals surface area contributed by atoms with Crippen LogP contribution in [0.3, 0.4) is 0 Å². The van der Waals surface area contributed by atoms with Crippen LogP contribution in [0, 0.1) is 5.92 Å². The van der Waals surface area contributed by atoms with Gasteiger partial charge in [0.1, 0.15) is 6.29 Å². The molecule has 1 aromatic carbocycles. The lowest BCUT2D eigenvalue weighted by Crippen LogP contribution is -2.47. The molecular formula is C10H12N2O. The smallest absolute Gasteiger partial charge is 0.126 e. The summed E-state index contributed by atoms with van der Waals surface area (Å²) in [5, 5.41) is 0. The third-order valence-corrected chi connectivity index (χ3v) is 2.36. The average molecular weight is 176 g/mol. The monoisotopic (exact) mass is 176 g/mol. The van der Waals surface area contributed by atoms with Crippen LogP contribution in [0.5, 0.6) is 0 Å². The molecule has 0 unspecified atom stereocenters. The Labute approximate surface area is 77.1 Å². The van der Waals surface area contributed by atoms with Crippen molar-refractivity contribution >= 4 is 17.7 Å². The fourth-order valence-corrected chi connectivity index (χ4v) is 1.49. The summed E-state index contributed by atoms with van der Waals surface area (Å²) in [6, 6.07) is 7.72. The lowest BCUT2D eigenvalue weighted by Gasteiger charge is -2.38. The summed E-state index contributed by atoms with van der Waals surface area (Å²) in [7, 11) is 0. The summed E-state index contributed by atoms with van der Waals surface area (Å²) in [4.78, 5) is 12.5. The van der Waals surface area contributed by atoms with Crippen LogP contribution in [0.4, 0.5) is 11.4 Å². The molecule has 1 heterocycles. The van der Waals surface area contributed by atoms with Gasteiger partial charge in [0, 0.05) is 30.4 Å². The van der Waals surface area contributed by atoms with Gasteiger partial charge in [-0.1, -0.05) is 0 Å². The Balaban J connectivity index is 2.03. The van der Waals surface area contributed by atoms with Crippen LogP contribution < -0.4 is 10.6 Å². The van der Waals surface area contributed by atoms with E-state index in [0.29, 0.717) is 0 Å². The Morgan fingerprint density at radius 3 is 2.46 bits per heavy atom. The van der Waals surface area contributed by atoms with Crippen molar-refractivity contribution < 1.29 is 4.79 Å². The molecule has 13 heavy (non-hydrogen) atoms. The molecule has 0 radical (unpaired) electrons. The number of carbonyl (C=O) groups is 1. The fourth-order valence-electron chi connectivity index (χ4n) is 1.49. The molecule has 3 nitrogen and oxygen atoms in total. The summed E-state index contributed by atoms with van der Waals surface area (Å²) in [5.74, 6) is 0.220. The molecule has 0 spiro atoms. The number of benzene rings is 1. The zero-order valence-electron chi connectivity index (χ0n) is 7.31. The normalized spacial score (nSPS) is 16.8. The first kappa shape index (κ1) is 8.10. The second-order valence-electron chi connectivity index (χ2n) is 3.39. The largest absolute Gasteiger partial charge is 0.399 e. The van der Waals surface area contributed by atoms with E-state index in [1.165, 1.54) is 0 Å². The van der Waals surface area contributed by atoms with E-state index in [2.05, 4.69) is 4.90 Å². The second kappa shape index (κ2) is 3.09. The maximum atomic E-state index is 10.4. The van der Waals surface area contributed by atoms with Gasteiger partial charge in [-0.05, 0) is 24.3 Å². The van der Waals surface area contributed by atoms with E-state index in [-0.39, 0.29) is 5.92 Å². The fraction of sp³-hybridized carbons (Fsp3) is 0.300. The molecule has 0 aliphatic carbocycles. The Kier molecular flexibility index (Phi) is 1.93. The topological polar surface area (TPSA) is 46.3 Å². The molecule has 1 aromatic rings. The summed E-state index contributed by atoms with van der Waals surface area (Å²) < 4.78 is 0. The van der Waals surface area contributed by atoms with Gasteiger partial charge in [0.25, 0.3) is 0 Å². The maximum absolute atomic E-state index is 10.4. The first-order valence-corrected chi connectivity index (χ1v) is 4.35. The highest BCUT2D eigenvalue weighted by molar-refractivity contribution is 5.63. The van der Waals surface area contributed by atoms with Gasteiger partial charge >= 0.3 is 0 Å². The van der Waals surface area contributed by atoms with Crippen molar-refractivity contribution in [2.24, 2.45) is 5.92 Å². The molecule has 0 saturated carbocycles. The standard InChI is InChI=1S/C10H12N2O/c11-9-1-3-10(4-2-9)12-5-8(6-12)7-13/h1-4,7-8H,5-6,11H2. The highest BCUT2D eigenvalue weighted by Gasteiger charge is 2.25. The number of nitrogen functional groups attached to an aromatic ring is 1. The highest BCUT2D eigenvalue weighted by Crippen LogP contribution is 2.23. The minimum atomic E-state index is 0.220. The summed E-state index contributed by atoms with van der Waals surface area (Å²) >= 11 is 0. The predicted octanol–water partition coefficient (Wildman–Crippen LogP) is 0.904. The molecular weight excluding hydrogens is 164 g/mol. The van der Waals surface area contributed by atoms with Crippen LogP contribution in [-0.4, -0.2) is 19.4 Å². The van der Waals surface area contributed by atoms with Crippen molar-refractivity contribution in [3.63, 3.8) is 0 Å². The molecule has 1 aliphatic rings. The number of nitrogens with zero attached hydrogens (tertiary/aromatic N) is 1. The van der Waals surface area contributed by atoms with Crippen molar-refractivity contribution in [2.75, 3.05) is 23.7 Å². The number of carbonyl (C=O) groups excluding carboxylic acids is 1. The molecule has 3 heteroatoms. The van der Waals surface area contributed by atoms with E-state index in [0.717, 1.165) is 30.8 Å². The molecule has 1 fully saturated rings. The van der Waals surface area contributed by atoms with Crippen molar-refractivity contribution in [1.82, 2.24) is 0 Å². The van der Waals surface area contributed by atoms with Gasteiger partial charge in [0.2, 0.25) is 0 Å². The lowest BCUT2D eigenvalue weighted by atomic mass is 10.0. The van der Waals surface area contributed by atoms with E-state index < -0.39 is 0 Å². The number of hydrogen-bond donors (Lipinski definition) is 1. The predicted molar refractivity (Wildman–Crippen MR) is 52.6 cm³/mol. The Bertz CT molecular complexity index is 301. The van der Waals surface area contributed by atoms with Crippen molar-refractivity contribution in [1.29, 1.82) is 0 Å². The van der Waals surface area contributed by atoms with E-state index in [1.807, 2.05) is 24.3 Å². The van der Waals surface area contributed by atoms with Crippen molar-refractivity contribution in [2.45, 2.75) is 0 Å². The van der Waals surface area contributed by atoms with Gasteiger partial charge in [0.15, 0.2) is 0 Å². The molecule has 0 aromatic heterocycles. The van der Waals surface area contributed by atoms with Crippen LogP contribution in [-0.2, 0) is 4.79 Å².